The van der Waals surface area contributed by atoms with Crippen LogP contribution in [0.15, 0.2) is 60.7 Å². The van der Waals surface area contributed by atoms with Crippen LogP contribution in [0, 0.1) is 0 Å². The number of hydrogen-bond acceptors (Lipinski definition) is 2. The lowest BCUT2D eigenvalue weighted by Crippen LogP contribution is -2.34. The number of aliphatic hydroxyl groups is 1. The second-order valence-corrected chi connectivity index (χ2v) is 4.54. The van der Waals surface area contributed by atoms with Gasteiger partial charge in [0.05, 0.1) is 12.1 Å². The van der Waals surface area contributed by atoms with Gasteiger partial charge in [-0.1, -0.05) is 48.5 Å². The van der Waals surface area contributed by atoms with E-state index in [4.69, 9.17) is 0 Å². The van der Waals surface area contributed by atoms with Crippen LogP contribution in [0.1, 0.15) is 18.6 Å². The number of para-hydroxylation sites is 1. The predicted molar refractivity (Wildman–Crippen MR) is 75.7 cm³/mol. The van der Waals surface area contributed by atoms with Gasteiger partial charge >= 0.3 is 0 Å². The zero-order valence-corrected chi connectivity index (χ0v) is 10.8. The predicted octanol–water partition coefficient (Wildman–Crippen LogP) is 3.24. The lowest BCUT2D eigenvalue weighted by Gasteiger charge is -2.31. The van der Waals surface area contributed by atoms with Crippen LogP contribution in [0.4, 0.5) is 5.69 Å². The van der Waals surface area contributed by atoms with Crippen LogP contribution >= 0.6 is 0 Å². The molecule has 0 aliphatic rings. The molecule has 0 spiro atoms. The maximum absolute atomic E-state index is 10.4. The third-order valence-corrected chi connectivity index (χ3v) is 3.37. The summed E-state index contributed by atoms with van der Waals surface area (Å²) in [6.45, 7) is 2.03. The van der Waals surface area contributed by atoms with Crippen molar-refractivity contribution in [1.29, 1.82) is 0 Å². The number of rotatable bonds is 4. The van der Waals surface area contributed by atoms with Gasteiger partial charge < -0.3 is 10.0 Å². The SMILES string of the molecule is C[C@H]([C@@H](O)c1ccccc1)N(C)c1ccccc1. The van der Waals surface area contributed by atoms with Crippen molar-refractivity contribution in [2.24, 2.45) is 0 Å². The molecular formula is C16H19NO. The molecule has 0 aromatic heterocycles. The van der Waals surface area contributed by atoms with Crippen LogP contribution in [-0.2, 0) is 0 Å². The first-order valence-corrected chi connectivity index (χ1v) is 6.21. The summed E-state index contributed by atoms with van der Waals surface area (Å²) in [7, 11) is 2.01. The highest BCUT2D eigenvalue weighted by molar-refractivity contribution is 5.46. The molecule has 0 saturated heterocycles. The summed E-state index contributed by atoms with van der Waals surface area (Å²) in [5.74, 6) is 0. The number of anilines is 1. The molecule has 0 bridgehead atoms. The van der Waals surface area contributed by atoms with Gasteiger partial charge in [0.1, 0.15) is 0 Å². The van der Waals surface area contributed by atoms with Crippen molar-refractivity contribution in [2.45, 2.75) is 19.1 Å². The fraction of sp³-hybridized carbons (Fsp3) is 0.250. The van der Waals surface area contributed by atoms with Crippen LogP contribution < -0.4 is 4.90 Å². The van der Waals surface area contributed by atoms with E-state index in [1.54, 1.807) is 0 Å². The Morgan fingerprint density at radius 1 is 0.889 bits per heavy atom. The maximum atomic E-state index is 10.4. The monoisotopic (exact) mass is 241 g/mol. The average molecular weight is 241 g/mol. The first-order valence-electron chi connectivity index (χ1n) is 6.21. The fourth-order valence-corrected chi connectivity index (χ4v) is 2.04. The zero-order valence-electron chi connectivity index (χ0n) is 10.8. The summed E-state index contributed by atoms with van der Waals surface area (Å²) in [6, 6.07) is 19.9. The van der Waals surface area contributed by atoms with Gasteiger partial charge in [-0.15, -0.1) is 0 Å². The van der Waals surface area contributed by atoms with E-state index in [1.807, 2.05) is 74.6 Å². The highest BCUT2D eigenvalue weighted by Gasteiger charge is 2.20. The Kier molecular flexibility index (Phi) is 4.00. The minimum Gasteiger partial charge on any atom is -0.386 e. The highest BCUT2D eigenvalue weighted by Crippen LogP contribution is 2.23. The lowest BCUT2D eigenvalue weighted by atomic mass is 10.0. The number of benzene rings is 2. The van der Waals surface area contributed by atoms with E-state index in [1.165, 1.54) is 0 Å². The molecule has 18 heavy (non-hydrogen) atoms. The number of hydrogen-bond donors (Lipinski definition) is 1. The Labute approximate surface area is 109 Å². The van der Waals surface area contributed by atoms with Gasteiger partial charge in [-0.2, -0.15) is 0 Å². The van der Waals surface area contributed by atoms with Gasteiger partial charge in [-0.05, 0) is 24.6 Å². The Morgan fingerprint density at radius 3 is 1.94 bits per heavy atom. The number of likely N-dealkylation sites (N-methyl/N-ethyl adjacent to an activating group) is 1. The molecule has 2 heteroatoms. The van der Waals surface area contributed by atoms with Gasteiger partial charge in [-0.25, -0.2) is 0 Å². The van der Waals surface area contributed by atoms with Gasteiger partial charge in [-0.3, -0.25) is 0 Å². The summed E-state index contributed by atoms with van der Waals surface area (Å²) in [6.07, 6.45) is -0.489. The second kappa shape index (κ2) is 5.69. The summed E-state index contributed by atoms with van der Waals surface area (Å²) >= 11 is 0. The molecule has 0 radical (unpaired) electrons. The molecule has 2 aromatic carbocycles. The molecule has 0 unspecified atom stereocenters. The molecule has 0 heterocycles. The van der Waals surface area contributed by atoms with Crippen molar-refractivity contribution in [3.63, 3.8) is 0 Å². The molecule has 2 aromatic rings. The topological polar surface area (TPSA) is 23.5 Å². The summed E-state index contributed by atoms with van der Waals surface area (Å²) in [5, 5.41) is 10.4. The van der Waals surface area contributed by atoms with Gasteiger partial charge in [0.15, 0.2) is 0 Å². The Hall–Kier alpha value is -1.80. The van der Waals surface area contributed by atoms with Gasteiger partial charge in [0.2, 0.25) is 0 Å². The molecule has 2 atom stereocenters. The van der Waals surface area contributed by atoms with E-state index in [0.29, 0.717) is 0 Å². The third-order valence-electron chi connectivity index (χ3n) is 3.37. The van der Waals surface area contributed by atoms with E-state index in [-0.39, 0.29) is 6.04 Å². The van der Waals surface area contributed by atoms with Crippen LogP contribution in [-0.4, -0.2) is 18.2 Å². The largest absolute Gasteiger partial charge is 0.386 e. The summed E-state index contributed by atoms with van der Waals surface area (Å²) in [4.78, 5) is 2.09. The maximum Gasteiger partial charge on any atom is 0.0990 e. The Morgan fingerprint density at radius 2 is 1.39 bits per heavy atom. The molecule has 1 N–H and O–H groups in total. The molecule has 2 nitrogen and oxygen atoms in total. The summed E-state index contributed by atoms with van der Waals surface area (Å²) in [5.41, 5.74) is 2.06. The van der Waals surface area contributed by atoms with Crippen LogP contribution in [0.2, 0.25) is 0 Å². The van der Waals surface area contributed by atoms with E-state index in [2.05, 4.69) is 4.90 Å². The molecule has 0 aliphatic carbocycles. The van der Waals surface area contributed by atoms with Crippen molar-refractivity contribution in [1.82, 2.24) is 0 Å². The molecule has 0 amide bonds. The minimum absolute atomic E-state index is 0.0230. The molecular weight excluding hydrogens is 222 g/mol. The third kappa shape index (κ3) is 2.71. The van der Waals surface area contributed by atoms with Crippen LogP contribution in [0.3, 0.4) is 0 Å². The molecule has 94 valence electrons. The average Bonchev–Trinajstić information content (AvgIpc) is 2.47. The van der Waals surface area contributed by atoms with E-state index in [0.717, 1.165) is 11.3 Å². The van der Waals surface area contributed by atoms with Crippen molar-refractivity contribution in [3.8, 4) is 0 Å². The number of aliphatic hydroxyl groups excluding tert-OH is 1. The van der Waals surface area contributed by atoms with Crippen molar-refractivity contribution < 1.29 is 5.11 Å². The van der Waals surface area contributed by atoms with Crippen molar-refractivity contribution >= 4 is 5.69 Å². The van der Waals surface area contributed by atoms with Gasteiger partial charge in [0.25, 0.3) is 0 Å². The standard InChI is InChI=1S/C16H19NO/c1-13(16(18)14-9-5-3-6-10-14)17(2)15-11-7-4-8-12-15/h3-13,16,18H,1-2H3/t13-,16-/m1/s1. The molecule has 0 saturated carbocycles. The van der Waals surface area contributed by atoms with Crippen molar-refractivity contribution in [3.05, 3.63) is 66.2 Å². The van der Waals surface area contributed by atoms with Crippen molar-refractivity contribution in [2.75, 3.05) is 11.9 Å². The minimum atomic E-state index is -0.489. The quantitative estimate of drug-likeness (QED) is 0.888. The lowest BCUT2D eigenvalue weighted by molar-refractivity contribution is 0.151. The first kappa shape index (κ1) is 12.7. The molecule has 0 fully saturated rings. The highest BCUT2D eigenvalue weighted by atomic mass is 16.3. The Bertz CT molecular complexity index is 423. The Balaban J connectivity index is 2.14. The smallest absolute Gasteiger partial charge is 0.0990 e. The van der Waals surface area contributed by atoms with Crippen LogP contribution in [0.25, 0.3) is 0 Å². The van der Waals surface area contributed by atoms with Crippen LogP contribution in [0.5, 0.6) is 0 Å². The number of nitrogens with zero attached hydrogens (tertiary/aromatic N) is 1. The molecule has 0 aliphatic heterocycles. The normalized spacial score (nSPS) is 13.9. The molecule has 2 rings (SSSR count). The van der Waals surface area contributed by atoms with E-state index in [9.17, 15) is 5.11 Å². The first-order chi connectivity index (χ1) is 8.70. The van der Waals surface area contributed by atoms with E-state index < -0.39 is 6.10 Å². The van der Waals surface area contributed by atoms with E-state index >= 15 is 0 Å². The fourth-order valence-electron chi connectivity index (χ4n) is 2.04. The second-order valence-electron chi connectivity index (χ2n) is 4.54. The van der Waals surface area contributed by atoms with Gasteiger partial charge in [0, 0.05) is 12.7 Å². The zero-order chi connectivity index (χ0) is 13.0. The summed E-state index contributed by atoms with van der Waals surface area (Å²) < 4.78 is 0.